The van der Waals surface area contributed by atoms with Crippen LogP contribution in [0.3, 0.4) is 0 Å². The summed E-state index contributed by atoms with van der Waals surface area (Å²) in [6.45, 7) is 5.14. The van der Waals surface area contributed by atoms with Crippen LogP contribution in [0.2, 0.25) is 0 Å². The van der Waals surface area contributed by atoms with Crippen molar-refractivity contribution in [3.63, 3.8) is 0 Å². The van der Waals surface area contributed by atoms with E-state index in [1.165, 1.54) is 31.2 Å². The fraction of sp³-hybridized carbons (Fsp3) is 0.625. The van der Waals surface area contributed by atoms with Crippen LogP contribution in [-0.4, -0.2) is 19.8 Å². The van der Waals surface area contributed by atoms with Crippen LogP contribution in [-0.2, 0) is 4.74 Å². The first-order valence-electron chi connectivity index (χ1n) is 7.26. The number of hydrogen-bond acceptors (Lipinski definition) is 2. The summed E-state index contributed by atoms with van der Waals surface area (Å²) in [5, 5.41) is 3.61. The van der Waals surface area contributed by atoms with E-state index in [9.17, 15) is 0 Å². The first kappa shape index (κ1) is 13.6. The molecule has 1 aliphatic rings. The van der Waals surface area contributed by atoms with Crippen LogP contribution in [0.1, 0.15) is 44.2 Å². The summed E-state index contributed by atoms with van der Waals surface area (Å²) in [5.74, 6) is 0.864. The second-order valence-electron chi connectivity index (χ2n) is 5.15. The number of benzene rings is 1. The molecule has 1 aliphatic heterocycles. The molecule has 0 amide bonds. The van der Waals surface area contributed by atoms with E-state index in [0.717, 1.165) is 25.7 Å². The molecule has 1 unspecified atom stereocenters. The molecule has 1 heterocycles. The average molecular weight is 247 g/mol. The van der Waals surface area contributed by atoms with Gasteiger partial charge in [0.1, 0.15) is 0 Å². The van der Waals surface area contributed by atoms with Gasteiger partial charge in [0.25, 0.3) is 0 Å². The molecule has 2 heteroatoms. The standard InChI is InChI=1S/C16H25NO/c1-2-17-16(15-6-4-3-5-7-15)9-8-14-10-12-18-13-11-14/h3-7,14,16-17H,2,8-13H2,1H3. The van der Waals surface area contributed by atoms with Crippen LogP contribution in [0, 0.1) is 5.92 Å². The summed E-state index contributed by atoms with van der Waals surface area (Å²) in [6.07, 6.45) is 5.04. The minimum atomic E-state index is 0.513. The van der Waals surface area contributed by atoms with Crippen molar-refractivity contribution in [2.24, 2.45) is 5.92 Å². The Kier molecular flexibility index (Phi) is 5.69. The third kappa shape index (κ3) is 4.11. The molecular formula is C16H25NO. The highest BCUT2D eigenvalue weighted by Crippen LogP contribution is 2.25. The van der Waals surface area contributed by atoms with E-state index < -0.39 is 0 Å². The van der Waals surface area contributed by atoms with Crippen molar-refractivity contribution in [2.75, 3.05) is 19.8 Å². The summed E-state index contributed by atoms with van der Waals surface area (Å²) < 4.78 is 5.42. The fourth-order valence-electron chi connectivity index (χ4n) is 2.76. The number of rotatable bonds is 6. The van der Waals surface area contributed by atoms with E-state index in [2.05, 4.69) is 42.6 Å². The van der Waals surface area contributed by atoms with E-state index in [1.807, 2.05) is 0 Å². The Labute approximate surface area is 111 Å². The molecule has 0 aromatic heterocycles. The first-order valence-corrected chi connectivity index (χ1v) is 7.26. The molecule has 1 aromatic carbocycles. The lowest BCUT2D eigenvalue weighted by Crippen LogP contribution is -2.23. The zero-order valence-corrected chi connectivity index (χ0v) is 11.4. The van der Waals surface area contributed by atoms with Crippen molar-refractivity contribution in [3.05, 3.63) is 35.9 Å². The number of nitrogens with one attached hydrogen (secondary N) is 1. The zero-order valence-electron chi connectivity index (χ0n) is 11.4. The van der Waals surface area contributed by atoms with Gasteiger partial charge in [0.05, 0.1) is 0 Å². The number of ether oxygens (including phenoxy) is 1. The van der Waals surface area contributed by atoms with Crippen molar-refractivity contribution in [2.45, 2.75) is 38.6 Å². The van der Waals surface area contributed by atoms with Crippen LogP contribution in [0.25, 0.3) is 0 Å². The maximum absolute atomic E-state index is 5.42. The molecule has 100 valence electrons. The predicted octanol–water partition coefficient (Wildman–Crippen LogP) is 3.54. The Hall–Kier alpha value is -0.860. The molecule has 1 atom stereocenters. The molecule has 0 aliphatic carbocycles. The molecule has 1 aromatic rings. The Balaban J connectivity index is 1.86. The smallest absolute Gasteiger partial charge is 0.0468 e. The first-order chi connectivity index (χ1) is 8.90. The topological polar surface area (TPSA) is 21.3 Å². The van der Waals surface area contributed by atoms with E-state index in [0.29, 0.717) is 6.04 Å². The summed E-state index contributed by atoms with van der Waals surface area (Å²) in [6, 6.07) is 11.3. The van der Waals surface area contributed by atoms with Gasteiger partial charge in [-0.15, -0.1) is 0 Å². The summed E-state index contributed by atoms with van der Waals surface area (Å²) in [4.78, 5) is 0. The summed E-state index contributed by atoms with van der Waals surface area (Å²) in [7, 11) is 0. The van der Waals surface area contributed by atoms with Crippen LogP contribution >= 0.6 is 0 Å². The molecule has 2 rings (SSSR count). The monoisotopic (exact) mass is 247 g/mol. The zero-order chi connectivity index (χ0) is 12.6. The maximum atomic E-state index is 5.42. The van der Waals surface area contributed by atoms with Crippen molar-refractivity contribution in [1.29, 1.82) is 0 Å². The Morgan fingerprint density at radius 3 is 2.61 bits per heavy atom. The Morgan fingerprint density at radius 1 is 1.22 bits per heavy atom. The second kappa shape index (κ2) is 7.55. The van der Waals surface area contributed by atoms with Gasteiger partial charge in [-0.25, -0.2) is 0 Å². The van der Waals surface area contributed by atoms with Gasteiger partial charge in [0.2, 0.25) is 0 Å². The van der Waals surface area contributed by atoms with Gasteiger partial charge in [-0.3, -0.25) is 0 Å². The van der Waals surface area contributed by atoms with E-state index in [1.54, 1.807) is 0 Å². The second-order valence-corrected chi connectivity index (χ2v) is 5.15. The minimum absolute atomic E-state index is 0.513. The Bertz CT molecular complexity index is 319. The molecule has 18 heavy (non-hydrogen) atoms. The molecule has 1 N–H and O–H groups in total. The van der Waals surface area contributed by atoms with Crippen LogP contribution < -0.4 is 5.32 Å². The van der Waals surface area contributed by atoms with Crippen molar-refractivity contribution in [1.82, 2.24) is 5.32 Å². The summed E-state index contributed by atoms with van der Waals surface area (Å²) >= 11 is 0. The van der Waals surface area contributed by atoms with Gasteiger partial charge < -0.3 is 10.1 Å². The van der Waals surface area contributed by atoms with Gasteiger partial charge in [0.15, 0.2) is 0 Å². The van der Waals surface area contributed by atoms with Gasteiger partial charge in [-0.1, -0.05) is 37.3 Å². The van der Waals surface area contributed by atoms with Crippen molar-refractivity contribution >= 4 is 0 Å². The van der Waals surface area contributed by atoms with Crippen LogP contribution in [0.5, 0.6) is 0 Å². The van der Waals surface area contributed by atoms with Gasteiger partial charge in [-0.2, -0.15) is 0 Å². The molecule has 2 nitrogen and oxygen atoms in total. The molecule has 0 radical (unpaired) electrons. The predicted molar refractivity (Wildman–Crippen MR) is 75.6 cm³/mol. The lowest BCUT2D eigenvalue weighted by atomic mass is 9.91. The molecular weight excluding hydrogens is 222 g/mol. The largest absolute Gasteiger partial charge is 0.381 e. The molecule has 1 fully saturated rings. The van der Waals surface area contributed by atoms with Crippen molar-refractivity contribution < 1.29 is 4.74 Å². The quantitative estimate of drug-likeness (QED) is 0.830. The molecule has 0 spiro atoms. The molecule has 0 bridgehead atoms. The van der Waals surface area contributed by atoms with Gasteiger partial charge in [0, 0.05) is 19.3 Å². The maximum Gasteiger partial charge on any atom is 0.0468 e. The molecule has 0 saturated carbocycles. The SMILES string of the molecule is CCNC(CCC1CCOCC1)c1ccccc1. The third-order valence-electron chi connectivity index (χ3n) is 3.86. The number of hydrogen-bond donors (Lipinski definition) is 1. The highest BCUT2D eigenvalue weighted by molar-refractivity contribution is 5.18. The third-order valence-corrected chi connectivity index (χ3v) is 3.86. The van der Waals surface area contributed by atoms with E-state index in [-0.39, 0.29) is 0 Å². The lowest BCUT2D eigenvalue weighted by molar-refractivity contribution is 0.0624. The fourth-order valence-corrected chi connectivity index (χ4v) is 2.76. The highest BCUT2D eigenvalue weighted by Gasteiger charge is 2.16. The van der Waals surface area contributed by atoms with Crippen LogP contribution in [0.15, 0.2) is 30.3 Å². The molecule has 1 saturated heterocycles. The lowest BCUT2D eigenvalue weighted by Gasteiger charge is -2.25. The van der Waals surface area contributed by atoms with Crippen LogP contribution in [0.4, 0.5) is 0 Å². The Morgan fingerprint density at radius 2 is 1.94 bits per heavy atom. The summed E-state index contributed by atoms with van der Waals surface area (Å²) in [5.41, 5.74) is 1.42. The van der Waals surface area contributed by atoms with Gasteiger partial charge in [-0.05, 0) is 43.7 Å². The minimum Gasteiger partial charge on any atom is -0.381 e. The van der Waals surface area contributed by atoms with Gasteiger partial charge >= 0.3 is 0 Å². The normalized spacial score (nSPS) is 18.7. The highest BCUT2D eigenvalue weighted by atomic mass is 16.5. The van der Waals surface area contributed by atoms with Crippen molar-refractivity contribution in [3.8, 4) is 0 Å². The average Bonchev–Trinajstić information content (AvgIpc) is 2.45. The van der Waals surface area contributed by atoms with E-state index >= 15 is 0 Å². The van der Waals surface area contributed by atoms with E-state index in [4.69, 9.17) is 4.74 Å².